The number of hydrogen-bond donors (Lipinski definition) is 1. The van der Waals surface area contributed by atoms with Gasteiger partial charge in [-0.2, -0.15) is 0 Å². The molecule has 0 aliphatic carbocycles. The summed E-state index contributed by atoms with van der Waals surface area (Å²) in [4.78, 5) is 24.4. The molecule has 122 valence electrons. The van der Waals surface area contributed by atoms with Crippen molar-refractivity contribution in [2.75, 3.05) is 19.8 Å². The van der Waals surface area contributed by atoms with Crippen molar-refractivity contribution in [1.29, 1.82) is 0 Å². The Bertz CT molecular complexity index is 471. The van der Waals surface area contributed by atoms with Gasteiger partial charge in [0.05, 0.1) is 13.2 Å². The summed E-state index contributed by atoms with van der Waals surface area (Å²) in [5, 5.41) is 0. The van der Waals surface area contributed by atoms with Crippen LogP contribution in [-0.2, 0) is 19.1 Å². The van der Waals surface area contributed by atoms with E-state index in [2.05, 4.69) is 0 Å². The first-order chi connectivity index (χ1) is 10.5. The predicted octanol–water partition coefficient (Wildman–Crippen LogP) is 2.00. The third-order valence-corrected chi connectivity index (χ3v) is 3.26. The van der Waals surface area contributed by atoms with Crippen molar-refractivity contribution >= 4 is 11.9 Å². The van der Waals surface area contributed by atoms with E-state index < -0.39 is 23.8 Å². The van der Waals surface area contributed by atoms with Gasteiger partial charge in [-0.3, -0.25) is 9.59 Å². The largest absolute Gasteiger partial charge is 0.465 e. The maximum atomic E-state index is 13.1. The molecule has 0 spiro atoms. The van der Waals surface area contributed by atoms with E-state index in [1.165, 1.54) is 12.1 Å². The van der Waals surface area contributed by atoms with E-state index in [0.717, 1.165) is 0 Å². The van der Waals surface area contributed by atoms with E-state index in [1.807, 2.05) is 0 Å². The molecule has 1 unspecified atom stereocenters. The molecule has 0 heterocycles. The number of carbonyl (C=O) groups excluding carboxylic acids is 2. The number of carbonyl (C=O) groups is 2. The molecule has 6 heteroatoms. The first kappa shape index (κ1) is 18.1. The van der Waals surface area contributed by atoms with Gasteiger partial charge in [0, 0.05) is 5.92 Å². The Morgan fingerprint density at radius 1 is 1.09 bits per heavy atom. The van der Waals surface area contributed by atoms with Gasteiger partial charge in [-0.25, -0.2) is 4.39 Å². The molecular formula is C16H22FNO4. The van der Waals surface area contributed by atoms with Gasteiger partial charge in [0.25, 0.3) is 0 Å². The fourth-order valence-corrected chi connectivity index (χ4v) is 2.30. The molecule has 0 aromatic heterocycles. The molecule has 0 radical (unpaired) electrons. The van der Waals surface area contributed by atoms with Gasteiger partial charge in [0.1, 0.15) is 5.82 Å². The summed E-state index contributed by atoms with van der Waals surface area (Å²) in [6, 6.07) is 5.65. The monoisotopic (exact) mass is 311 g/mol. The lowest BCUT2D eigenvalue weighted by Crippen LogP contribution is -2.34. The fraction of sp³-hybridized carbons (Fsp3) is 0.500. The van der Waals surface area contributed by atoms with E-state index >= 15 is 0 Å². The summed E-state index contributed by atoms with van der Waals surface area (Å²) in [5.41, 5.74) is 6.26. The van der Waals surface area contributed by atoms with Crippen molar-refractivity contribution < 1.29 is 23.5 Å². The highest BCUT2D eigenvalue weighted by molar-refractivity contribution is 5.96. The molecule has 0 saturated carbocycles. The lowest BCUT2D eigenvalue weighted by molar-refractivity contribution is -0.162. The number of ether oxygens (including phenoxy) is 2. The molecule has 0 fully saturated rings. The molecule has 0 saturated heterocycles. The summed E-state index contributed by atoms with van der Waals surface area (Å²) in [5.74, 6) is -3.30. The van der Waals surface area contributed by atoms with Crippen molar-refractivity contribution in [3.8, 4) is 0 Å². The van der Waals surface area contributed by atoms with Crippen LogP contribution in [0.4, 0.5) is 4.39 Å². The number of esters is 2. The summed E-state index contributed by atoms with van der Waals surface area (Å²) in [6.45, 7) is 3.92. The van der Waals surface area contributed by atoms with Crippen molar-refractivity contribution in [3.63, 3.8) is 0 Å². The Morgan fingerprint density at radius 3 is 2.00 bits per heavy atom. The second-order valence-corrected chi connectivity index (χ2v) is 4.72. The zero-order chi connectivity index (χ0) is 16.5. The minimum absolute atomic E-state index is 0.160. The van der Waals surface area contributed by atoms with E-state index in [1.54, 1.807) is 26.0 Å². The molecule has 22 heavy (non-hydrogen) atoms. The Balaban J connectivity index is 3.15. The summed E-state index contributed by atoms with van der Waals surface area (Å²) in [6.07, 6.45) is 0.383. The molecule has 2 N–H and O–H groups in total. The molecule has 1 atom stereocenters. The van der Waals surface area contributed by atoms with Crippen molar-refractivity contribution in [2.45, 2.75) is 26.2 Å². The van der Waals surface area contributed by atoms with E-state index in [-0.39, 0.29) is 25.6 Å². The molecular weight excluding hydrogens is 289 g/mol. The topological polar surface area (TPSA) is 78.6 Å². The average molecular weight is 311 g/mol. The second kappa shape index (κ2) is 9.15. The van der Waals surface area contributed by atoms with Crippen molar-refractivity contribution in [3.05, 3.63) is 35.6 Å². The van der Waals surface area contributed by atoms with Crippen LogP contribution >= 0.6 is 0 Å². The molecule has 0 bridgehead atoms. The maximum absolute atomic E-state index is 13.1. The Morgan fingerprint density at radius 2 is 1.59 bits per heavy atom. The van der Waals surface area contributed by atoms with Crippen molar-refractivity contribution in [2.24, 2.45) is 11.7 Å². The van der Waals surface area contributed by atoms with Crippen LogP contribution in [-0.4, -0.2) is 31.7 Å². The molecule has 0 amide bonds. The van der Waals surface area contributed by atoms with E-state index in [9.17, 15) is 14.0 Å². The van der Waals surface area contributed by atoms with Crippen LogP contribution in [0.1, 0.15) is 31.7 Å². The first-order valence-electron chi connectivity index (χ1n) is 7.33. The van der Waals surface area contributed by atoms with Gasteiger partial charge in [0.2, 0.25) is 0 Å². The molecule has 1 aromatic carbocycles. The lowest BCUT2D eigenvalue weighted by atomic mass is 9.83. The summed E-state index contributed by atoms with van der Waals surface area (Å²) >= 11 is 0. The molecule has 0 aliphatic heterocycles. The summed E-state index contributed by atoms with van der Waals surface area (Å²) < 4.78 is 23.1. The van der Waals surface area contributed by atoms with Crippen LogP contribution in [0.25, 0.3) is 0 Å². The third kappa shape index (κ3) is 4.80. The van der Waals surface area contributed by atoms with Crippen LogP contribution in [0, 0.1) is 11.7 Å². The SMILES string of the molecule is CCOC(=O)C(C(=O)OCC)C(CCN)c1ccc(F)cc1. The number of rotatable bonds is 8. The van der Waals surface area contributed by atoms with Crippen molar-refractivity contribution in [1.82, 2.24) is 0 Å². The normalized spacial score (nSPS) is 12.0. The zero-order valence-electron chi connectivity index (χ0n) is 12.9. The number of hydrogen-bond acceptors (Lipinski definition) is 5. The quantitative estimate of drug-likeness (QED) is 0.587. The Labute approximate surface area is 129 Å². The molecule has 0 aliphatic rings. The highest BCUT2D eigenvalue weighted by atomic mass is 19.1. The van der Waals surface area contributed by atoms with E-state index in [4.69, 9.17) is 15.2 Å². The highest BCUT2D eigenvalue weighted by Crippen LogP contribution is 2.30. The van der Waals surface area contributed by atoms with E-state index in [0.29, 0.717) is 12.0 Å². The average Bonchev–Trinajstić information content (AvgIpc) is 2.48. The molecule has 5 nitrogen and oxygen atoms in total. The highest BCUT2D eigenvalue weighted by Gasteiger charge is 2.37. The van der Waals surface area contributed by atoms with Crippen LogP contribution in [0.2, 0.25) is 0 Å². The van der Waals surface area contributed by atoms with Crippen LogP contribution in [0.3, 0.4) is 0 Å². The number of nitrogens with two attached hydrogens (primary N) is 1. The second-order valence-electron chi connectivity index (χ2n) is 4.72. The van der Waals surface area contributed by atoms with Gasteiger partial charge < -0.3 is 15.2 Å². The standard InChI is InChI=1S/C16H22FNO4/c1-3-21-15(19)14(16(20)22-4-2)13(9-10-18)11-5-7-12(17)8-6-11/h5-8,13-14H,3-4,9-10,18H2,1-2H3. The van der Waals surface area contributed by atoms with Crippen LogP contribution in [0.15, 0.2) is 24.3 Å². The zero-order valence-corrected chi connectivity index (χ0v) is 12.9. The fourth-order valence-electron chi connectivity index (χ4n) is 2.30. The smallest absolute Gasteiger partial charge is 0.320 e. The minimum atomic E-state index is -1.10. The maximum Gasteiger partial charge on any atom is 0.320 e. The first-order valence-corrected chi connectivity index (χ1v) is 7.33. The predicted molar refractivity (Wildman–Crippen MR) is 79.6 cm³/mol. The lowest BCUT2D eigenvalue weighted by Gasteiger charge is -2.24. The number of benzene rings is 1. The van der Waals surface area contributed by atoms with Crippen LogP contribution < -0.4 is 5.73 Å². The molecule has 1 rings (SSSR count). The van der Waals surface area contributed by atoms with Gasteiger partial charge in [-0.15, -0.1) is 0 Å². The van der Waals surface area contributed by atoms with Gasteiger partial charge in [-0.1, -0.05) is 12.1 Å². The molecule has 1 aromatic rings. The number of halogens is 1. The minimum Gasteiger partial charge on any atom is -0.465 e. The van der Waals surface area contributed by atoms with Crippen LogP contribution in [0.5, 0.6) is 0 Å². The third-order valence-electron chi connectivity index (χ3n) is 3.26. The summed E-state index contributed by atoms with van der Waals surface area (Å²) in [7, 11) is 0. The Hall–Kier alpha value is -1.95. The van der Waals surface area contributed by atoms with Gasteiger partial charge in [0.15, 0.2) is 5.92 Å². The Kier molecular flexibility index (Phi) is 7.52. The van der Waals surface area contributed by atoms with Gasteiger partial charge >= 0.3 is 11.9 Å². The van der Waals surface area contributed by atoms with Gasteiger partial charge in [-0.05, 0) is 44.5 Å².